The molecule has 0 bridgehead atoms. The van der Waals surface area contributed by atoms with E-state index in [0.29, 0.717) is 15.4 Å². The molecule has 118 valence electrons. The van der Waals surface area contributed by atoms with Crippen molar-refractivity contribution in [1.29, 1.82) is 0 Å². The molecule has 4 aromatic rings. The summed E-state index contributed by atoms with van der Waals surface area (Å²) in [5, 5.41) is 8.28. The van der Waals surface area contributed by atoms with Gasteiger partial charge in [0.2, 0.25) is 11.6 Å². The van der Waals surface area contributed by atoms with Crippen LogP contribution in [0.5, 0.6) is 0 Å². The smallest absolute Gasteiger partial charge is 0.232 e. The number of hydrogen-bond acceptors (Lipinski definition) is 3. The van der Waals surface area contributed by atoms with Crippen molar-refractivity contribution in [3.8, 4) is 5.69 Å². The fourth-order valence-electron chi connectivity index (χ4n) is 2.66. The van der Waals surface area contributed by atoms with Crippen LogP contribution in [0.3, 0.4) is 0 Å². The molecule has 7 heteroatoms. The first-order valence-electron chi connectivity index (χ1n) is 7.19. The molecule has 24 heavy (non-hydrogen) atoms. The van der Waals surface area contributed by atoms with Crippen molar-refractivity contribution < 1.29 is 4.79 Å². The van der Waals surface area contributed by atoms with Gasteiger partial charge in [-0.15, -0.1) is 0 Å². The van der Waals surface area contributed by atoms with Crippen LogP contribution in [0.25, 0.3) is 16.6 Å². The highest BCUT2D eigenvalue weighted by Crippen LogP contribution is 2.22. The van der Waals surface area contributed by atoms with Crippen LogP contribution >= 0.6 is 23.8 Å². The van der Waals surface area contributed by atoms with Crippen LogP contribution in [0, 0.1) is 4.77 Å². The van der Waals surface area contributed by atoms with Crippen molar-refractivity contribution in [1.82, 2.24) is 19.7 Å². The summed E-state index contributed by atoms with van der Waals surface area (Å²) in [6.45, 7) is 0. The molecule has 4 rings (SSSR count). The number of nitrogens with zero attached hydrogens (tertiary/aromatic N) is 2. The first-order chi connectivity index (χ1) is 11.6. The Balaban J connectivity index is 1.87. The Morgan fingerprint density at radius 1 is 1.12 bits per heavy atom. The van der Waals surface area contributed by atoms with E-state index in [0.717, 1.165) is 16.6 Å². The molecule has 0 saturated carbocycles. The molecular formula is C17H11ClN4OS. The van der Waals surface area contributed by atoms with Crippen LogP contribution in [0.4, 0.5) is 0 Å². The summed E-state index contributed by atoms with van der Waals surface area (Å²) in [6, 6.07) is 14.7. The molecule has 2 aromatic heterocycles. The molecule has 0 radical (unpaired) electrons. The van der Waals surface area contributed by atoms with Gasteiger partial charge in [0.15, 0.2) is 4.77 Å². The minimum Gasteiger partial charge on any atom is -0.360 e. The van der Waals surface area contributed by atoms with Crippen molar-refractivity contribution in [2.75, 3.05) is 0 Å². The van der Waals surface area contributed by atoms with E-state index < -0.39 is 0 Å². The molecule has 2 aromatic carbocycles. The summed E-state index contributed by atoms with van der Waals surface area (Å²) < 4.78 is 1.95. The molecule has 0 spiro atoms. The Morgan fingerprint density at radius 2 is 1.88 bits per heavy atom. The second kappa shape index (κ2) is 5.74. The van der Waals surface area contributed by atoms with Crippen LogP contribution in [-0.2, 0) is 0 Å². The first kappa shape index (κ1) is 14.9. The van der Waals surface area contributed by atoms with E-state index >= 15 is 0 Å². The van der Waals surface area contributed by atoms with Gasteiger partial charge in [-0.05, 0) is 42.5 Å². The maximum absolute atomic E-state index is 13.0. The zero-order chi connectivity index (χ0) is 16.7. The second-order valence-corrected chi connectivity index (χ2v) is 6.06. The highest BCUT2D eigenvalue weighted by Gasteiger charge is 2.21. The highest BCUT2D eigenvalue weighted by molar-refractivity contribution is 7.71. The van der Waals surface area contributed by atoms with E-state index in [1.54, 1.807) is 35.0 Å². The number of fused-ring (bicyclic) bond motifs is 1. The quantitative estimate of drug-likeness (QED) is 0.426. The zero-order valence-electron chi connectivity index (χ0n) is 12.3. The number of aromatic nitrogens is 4. The molecule has 2 heterocycles. The lowest BCUT2D eigenvalue weighted by molar-refractivity contribution is 0.102. The topological polar surface area (TPSA) is 66.5 Å². The van der Waals surface area contributed by atoms with E-state index in [-0.39, 0.29) is 11.6 Å². The lowest BCUT2D eigenvalue weighted by Crippen LogP contribution is -2.10. The van der Waals surface area contributed by atoms with Gasteiger partial charge in [0.1, 0.15) is 0 Å². The Morgan fingerprint density at radius 3 is 2.67 bits per heavy atom. The lowest BCUT2D eigenvalue weighted by atomic mass is 10.1. The summed E-state index contributed by atoms with van der Waals surface area (Å²) in [5.41, 5.74) is 2.17. The third-order valence-corrected chi connectivity index (χ3v) is 4.32. The molecule has 0 saturated heterocycles. The maximum Gasteiger partial charge on any atom is 0.232 e. The van der Waals surface area contributed by atoms with Crippen molar-refractivity contribution in [2.24, 2.45) is 0 Å². The predicted octanol–water partition coefficient (Wildman–Crippen LogP) is 4.30. The van der Waals surface area contributed by atoms with Crippen molar-refractivity contribution in [2.45, 2.75) is 0 Å². The zero-order valence-corrected chi connectivity index (χ0v) is 13.9. The van der Waals surface area contributed by atoms with Gasteiger partial charge >= 0.3 is 0 Å². The van der Waals surface area contributed by atoms with Crippen LogP contribution < -0.4 is 0 Å². The minimum atomic E-state index is -0.213. The van der Waals surface area contributed by atoms with Gasteiger partial charge in [0.25, 0.3) is 0 Å². The van der Waals surface area contributed by atoms with Gasteiger partial charge in [0, 0.05) is 22.1 Å². The van der Waals surface area contributed by atoms with E-state index in [4.69, 9.17) is 23.8 Å². The molecule has 0 aliphatic rings. The number of hydrogen-bond donors (Lipinski definition) is 2. The summed E-state index contributed by atoms with van der Waals surface area (Å²) in [5.74, 6) is 0.0156. The van der Waals surface area contributed by atoms with Gasteiger partial charge in [-0.25, -0.2) is 0 Å². The molecule has 0 unspecified atom stereocenters. The SMILES string of the molecule is O=C(c1c[nH]c2ccccc12)c1n[nH]c(=S)n1-c1ccc(Cl)cc1. The molecule has 0 fully saturated rings. The largest absolute Gasteiger partial charge is 0.360 e. The number of nitrogens with one attached hydrogen (secondary N) is 2. The lowest BCUT2D eigenvalue weighted by Gasteiger charge is -2.06. The molecule has 2 N–H and O–H groups in total. The number of rotatable bonds is 3. The second-order valence-electron chi connectivity index (χ2n) is 5.24. The fraction of sp³-hybridized carbons (Fsp3) is 0. The Bertz CT molecular complexity index is 1110. The third kappa shape index (κ3) is 2.36. The molecule has 0 aliphatic carbocycles. The molecule has 5 nitrogen and oxygen atoms in total. The van der Waals surface area contributed by atoms with E-state index in [2.05, 4.69) is 15.2 Å². The van der Waals surface area contributed by atoms with Crippen LogP contribution in [-0.4, -0.2) is 25.5 Å². The first-order valence-corrected chi connectivity index (χ1v) is 7.98. The fourth-order valence-corrected chi connectivity index (χ4v) is 3.02. The Labute approximate surface area is 146 Å². The number of halogens is 1. The third-order valence-electron chi connectivity index (χ3n) is 3.79. The molecule has 0 amide bonds. The summed E-state index contributed by atoms with van der Waals surface area (Å²) in [6.07, 6.45) is 1.69. The van der Waals surface area contributed by atoms with Gasteiger partial charge in [-0.3, -0.25) is 14.5 Å². The number of carbonyl (C=O) groups excluding carboxylic acids is 1. The van der Waals surface area contributed by atoms with E-state index in [9.17, 15) is 4.79 Å². The van der Waals surface area contributed by atoms with Crippen molar-refractivity contribution >= 4 is 40.5 Å². The van der Waals surface area contributed by atoms with Gasteiger partial charge < -0.3 is 4.98 Å². The van der Waals surface area contributed by atoms with Crippen LogP contribution in [0.15, 0.2) is 54.7 Å². The van der Waals surface area contributed by atoms with Gasteiger partial charge in [-0.1, -0.05) is 29.8 Å². The Kier molecular flexibility index (Phi) is 3.55. The van der Waals surface area contributed by atoms with Crippen LogP contribution in [0.1, 0.15) is 16.2 Å². The van der Waals surface area contributed by atoms with Gasteiger partial charge in [0.05, 0.1) is 11.3 Å². The van der Waals surface area contributed by atoms with Crippen LogP contribution in [0.2, 0.25) is 5.02 Å². The molecular weight excluding hydrogens is 344 g/mol. The predicted molar refractivity (Wildman–Crippen MR) is 95.5 cm³/mol. The number of aromatic amines is 2. The maximum atomic E-state index is 13.0. The normalized spacial score (nSPS) is 11.0. The average molecular weight is 355 g/mol. The van der Waals surface area contributed by atoms with E-state index in [1.807, 2.05) is 24.3 Å². The molecule has 0 aliphatic heterocycles. The minimum absolute atomic E-state index is 0.213. The molecule has 0 atom stereocenters. The summed E-state index contributed by atoms with van der Waals surface area (Å²) >= 11 is 11.2. The number of carbonyl (C=O) groups is 1. The summed E-state index contributed by atoms with van der Waals surface area (Å²) in [4.78, 5) is 16.1. The monoisotopic (exact) mass is 354 g/mol. The van der Waals surface area contributed by atoms with Crippen molar-refractivity contribution in [3.63, 3.8) is 0 Å². The van der Waals surface area contributed by atoms with E-state index in [1.165, 1.54) is 0 Å². The number of H-pyrrole nitrogens is 2. The highest BCUT2D eigenvalue weighted by atomic mass is 35.5. The standard InChI is InChI=1S/C17H11ClN4OS/c18-10-5-7-11(8-6-10)22-16(20-21-17(22)24)15(23)13-9-19-14-4-2-1-3-12(13)14/h1-9,19H,(H,21,24). The van der Waals surface area contributed by atoms with Gasteiger partial charge in [-0.2, -0.15) is 5.10 Å². The number of ketones is 1. The Hall–Kier alpha value is -2.70. The summed E-state index contributed by atoms with van der Waals surface area (Å²) in [7, 11) is 0. The van der Waals surface area contributed by atoms with Crippen molar-refractivity contribution in [3.05, 3.63) is 75.9 Å². The number of para-hydroxylation sites is 1. The number of benzene rings is 2. The average Bonchev–Trinajstić information content (AvgIpc) is 3.19.